The van der Waals surface area contributed by atoms with Crippen LogP contribution in [0.2, 0.25) is 0 Å². The zero-order valence-electron chi connectivity index (χ0n) is 10.4. The van der Waals surface area contributed by atoms with Gasteiger partial charge in [0.25, 0.3) is 0 Å². The Morgan fingerprint density at radius 3 is 2.06 bits per heavy atom. The first kappa shape index (κ1) is 16.1. The molecule has 0 bridgehead atoms. The number of aldehydes is 1. The van der Waals surface area contributed by atoms with Crippen LogP contribution in [0.5, 0.6) is 0 Å². The summed E-state index contributed by atoms with van der Waals surface area (Å²) in [7, 11) is 0. The Morgan fingerprint density at radius 1 is 0.882 bits per heavy atom. The molecule has 0 atom stereocenters. The van der Waals surface area contributed by atoms with E-state index in [-0.39, 0.29) is 0 Å². The van der Waals surface area contributed by atoms with Crippen molar-refractivity contribution in [3.63, 3.8) is 0 Å². The summed E-state index contributed by atoms with van der Waals surface area (Å²) in [5.41, 5.74) is 0. The Balaban J connectivity index is 2.89. The van der Waals surface area contributed by atoms with Gasteiger partial charge in [-0.25, -0.2) is 0 Å². The van der Waals surface area contributed by atoms with Gasteiger partial charge in [-0.2, -0.15) is 0 Å². The van der Waals surface area contributed by atoms with Crippen LogP contribution in [0.4, 0.5) is 0 Å². The van der Waals surface area contributed by atoms with E-state index in [2.05, 4.69) is 5.92 Å². The van der Waals surface area contributed by atoms with Crippen molar-refractivity contribution in [1.82, 2.24) is 0 Å². The third-order valence-electron chi connectivity index (χ3n) is 1.98. The maximum Gasteiger partial charge on any atom is 0.122 e. The molecule has 0 saturated carbocycles. The number of rotatable bonds is 13. The van der Waals surface area contributed by atoms with Crippen molar-refractivity contribution in [1.29, 1.82) is 0 Å². The second kappa shape index (κ2) is 15.1. The average Bonchev–Trinajstić information content (AvgIpc) is 2.35. The molecule has 0 radical (unpaired) electrons. The molecule has 0 aromatic carbocycles. The molecule has 0 unspecified atom stereocenters. The molecule has 0 amide bonds. The number of carbonyl (C=O) groups is 1. The lowest BCUT2D eigenvalue weighted by Gasteiger charge is -2.05. The normalized spacial score (nSPS) is 10.1. The number of hydrogen-bond acceptors (Lipinski definition) is 4. The maximum absolute atomic E-state index is 9.97. The fraction of sp³-hybridized carbons (Fsp3) is 0.769. The molecule has 0 aromatic heterocycles. The van der Waals surface area contributed by atoms with Gasteiger partial charge in [0.2, 0.25) is 0 Å². The van der Waals surface area contributed by atoms with Crippen LogP contribution in [0.1, 0.15) is 25.7 Å². The van der Waals surface area contributed by atoms with Crippen molar-refractivity contribution in [3.05, 3.63) is 0 Å². The van der Waals surface area contributed by atoms with Crippen molar-refractivity contribution >= 4 is 6.29 Å². The standard InChI is InChI=1S/C13H22O4/c1-2-3-4-5-8-15-10-12-17-13-11-16-9-6-7-14/h1,7H,3-6,8-13H2. The van der Waals surface area contributed by atoms with E-state index in [1.165, 1.54) is 0 Å². The van der Waals surface area contributed by atoms with Crippen LogP contribution in [0.25, 0.3) is 0 Å². The second-order valence-corrected chi connectivity index (χ2v) is 3.45. The van der Waals surface area contributed by atoms with E-state index in [0.717, 1.165) is 32.2 Å². The smallest absolute Gasteiger partial charge is 0.122 e. The highest BCUT2D eigenvalue weighted by Gasteiger charge is 1.91. The number of hydrogen-bond donors (Lipinski definition) is 0. The fourth-order valence-electron chi connectivity index (χ4n) is 1.10. The van der Waals surface area contributed by atoms with Crippen molar-refractivity contribution in [2.45, 2.75) is 25.7 Å². The summed E-state index contributed by atoms with van der Waals surface area (Å²) in [6.45, 7) is 3.45. The first-order chi connectivity index (χ1) is 8.41. The molecule has 0 aliphatic heterocycles. The highest BCUT2D eigenvalue weighted by Crippen LogP contribution is 1.93. The summed E-state index contributed by atoms with van der Waals surface area (Å²) in [5.74, 6) is 2.59. The van der Waals surface area contributed by atoms with Gasteiger partial charge in [0.05, 0.1) is 33.0 Å². The molecule has 17 heavy (non-hydrogen) atoms. The van der Waals surface area contributed by atoms with Crippen LogP contribution < -0.4 is 0 Å². The molecule has 0 aliphatic rings. The van der Waals surface area contributed by atoms with Crippen LogP contribution in [0.3, 0.4) is 0 Å². The molecule has 0 aromatic rings. The quantitative estimate of drug-likeness (QED) is 0.278. The van der Waals surface area contributed by atoms with Crippen LogP contribution in [-0.2, 0) is 19.0 Å². The van der Waals surface area contributed by atoms with E-state index in [4.69, 9.17) is 20.6 Å². The van der Waals surface area contributed by atoms with E-state index in [9.17, 15) is 4.79 Å². The van der Waals surface area contributed by atoms with Crippen molar-refractivity contribution in [2.75, 3.05) is 39.6 Å². The molecule has 0 heterocycles. The van der Waals surface area contributed by atoms with E-state index in [1.54, 1.807) is 0 Å². The third-order valence-corrected chi connectivity index (χ3v) is 1.98. The lowest BCUT2D eigenvalue weighted by molar-refractivity contribution is -0.108. The predicted molar refractivity (Wildman–Crippen MR) is 65.8 cm³/mol. The summed E-state index contributed by atoms with van der Waals surface area (Å²) in [6, 6.07) is 0. The number of unbranched alkanes of at least 4 members (excludes halogenated alkanes) is 2. The van der Waals surface area contributed by atoms with Gasteiger partial charge in [-0.15, -0.1) is 12.3 Å². The van der Waals surface area contributed by atoms with Gasteiger partial charge < -0.3 is 19.0 Å². The van der Waals surface area contributed by atoms with Crippen molar-refractivity contribution in [3.8, 4) is 12.3 Å². The predicted octanol–water partition coefficient (Wildman–Crippen LogP) is 1.43. The highest BCUT2D eigenvalue weighted by molar-refractivity contribution is 5.49. The summed E-state index contributed by atoms with van der Waals surface area (Å²) in [5, 5.41) is 0. The van der Waals surface area contributed by atoms with E-state index < -0.39 is 0 Å². The lowest BCUT2D eigenvalue weighted by atomic mass is 10.2. The van der Waals surface area contributed by atoms with Crippen LogP contribution in [0.15, 0.2) is 0 Å². The molecule has 4 heteroatoms. The first-order valence-electron chi connectivity index (χ1n) is 6.02. The SMILES string of the molecule is C#CCCCCOCCOCCOCCC=O. The minimum Gasteiger partial charge on any atom is -0.379 e. The van der Waals surface area contributed by atoms with Gasteiger partial charge in [-0.1, -0.05) is 0 Å². The van der Waals surface area contributed by atoms with Crippen LogP contribution in [-0.4, -0.2) is 45.9 Å². The summed E-state index contributed by atoms with van der Waals surface area (Å²) in [6.07, 6.45) is 9.25. The van der Waals surface area contributed by atoms with Crippen molar-refractivity contribution < 1.29 is 19.0 Å². The zero-order valence-corrected chi connectivity index (χ0v) is 10.4. The molecule has 0 saturated heterocycles. The number of terminal acetylenes is 1. The largest absolute Gasteiger partial charge is 0.379 e. The molecular weight excluding hydrogens is 220 g/mol. The second-order valence-electron chi connectivity index (χ2n) is 3.45. The Bertz CT molecular complexity index is 198. The molecule has 0 spiro atoms. The summed E-state index contributed by atoms with van der Waals surface area (Å²) in [4.78, 5) is 9.97. The Kier molecular flexibility index (Phi) is 14.3. The molecule has 0 rings (SSSR count). The van der Waals surface area contributed by atoms with Gasteiger partial charge in [-0.3, -0.25) is 0 Å². The maximum atomic E-state index is 9.97. The highest BCUT2D eigenvalue weighted by atomic mass is 16.5. The van der Waals surface area contributed by atoms with Gasteiger partial charge in [0, 0.05) is 19.4 Å². The Morgan fingerprint density at radius 2 is 1.47 bits per heavy atom. The molecular formula is C13H22O4. The lowest BCUT2D eigenvalue weighted by Crippen LogP contribution is -2.10. The van der Waals surface area contributed by atoms with Gasteiger partial charge >= 0.3 is 0 Å². The topological polar surface area (TPSA) is 44.8 Å². The molecule has 0 aliphatic carbocycles. The minimum atomic E-state index is 0.445. The average molecular weight is 242 g/mol. The van der Waals surface area contributed by atoms with E-state index in [0.29, 0.717) is 39.5 Å². The van der Waals surface area contributed by atoms with Gasteiger partial charge in [-0.05, 0) is 12.8 Å². The number of carbonyl (C=O) groups excluding carboxylic acids is 1. The zero-order chi connectivity index (χ0) is 12.6. The van der Waals surface area contributed by atoms with Gasteiger partial charge in [0.1, 0.15) is 6.29 Å². The van der Waals surface area contributed by atoms with E-state index >= 15 is 0 Å². The Hall–Kier alpha value is -0.890. The first-order valence-corrected chi connectivity index (χ1v) is 6.02. The monoisotopic (exact) mass is 242 g/mol. The molecule has 4 nitrogen and oxygen atoms in total. The van der Waals surface area contributed by atoms with E-state index in [1.807, 2.05) is 0 Å². The Labute approximate surface area is 104 Å². The number of ether oxygens (including phenoxy) is 3. The molecule has 98 valence electrons. The van der Waals surface area contributed by atoms with Crippen LogP contribution >= 0.6 is 0 Å². The van der Waals surface area contributed by atoms with Crippen molar-refractivity contribution in [2.24, 2.45) is 0 Å². The molecule has 0 fully saturated rings. The summed E-state index contributed by atoms with van der Waals surface area (Å²) >= 11 is 0. The van der Waals surface area contributed by atoms with Crippen LogP contribution in [0, 0.1) is 12.3 Å². The van der Waals surface area contributed by atoms with Gasteiger partial charge in [0.15, 0.2) is 0 Å². The minimum absolute atomic E-state index is 0.445. The third kappa shape index (κ3) is 15.1. The summed E-state index contributed by atoms with van der Waals surface area (Å²) < 4.78 is 15.7. The fourth-order valence-corrected chi connectivity index (χ4v) is 1.10. The molecule has 0 N–H and O–H groups in total.